The quantitative estimate of drug-likeness (QED) is 0.428. The molecular formula is C16H30N4O5. The monoisotopic (exact) mass is 358 g/mol. The van der Waals surface area contributed by atoms with E-state index < -0.39 is 35.4 Å². The van der Waals surface area contributed by atoms with E-state index in [-0.39, 0.29) is 24.7 Å². The molecule has 0 radical (unpaired) electrons. The SMILES string of the molecule is CCCC(=O)N(C)[C@H](CC[N+](=O)[O-])C(=O)N(C)[C@@H](CC(C)C)C(N)=O. The van der Waals surface area contributed by atoms with Crippen LogP contribution in [0.2, 0.25) is 0 Å². The van der Waals surface area contributed by atoms with Crippen LogP contribution in [0.1, 0.15) is 46.5 Å². The first-order chi connectivity index (χ1) is 11.5. The number of carbonyl (C=O) groups is 3. The first kappa shape index (κ1) is 22.8. The molecule has 0 rings (SSSR count). The first-order valence-electron chi connectivity index (χ1n) is 8.46. The molecule has 0 unspecified atom stereocenters. The minimum absolute atomic E-state index is 0.116. The van der Waals surface area contributed by atoms with Crippen molar-refractivity contribution in [3.8, 4) is 0 Å². The van der Waals surface area contributed by atoms with Crippen LogP contribution in [0.15, 0.2) is 0 Å². The predicted octanol–water partition coefficient (Wildman–Crippen LogP) is 0.639. The standard InChI is InChI=1S/C16H30N4O5/c1-6-7-14(21)18(4)12(8-9-20(24)25)16(23)19(5)13(15(17)22)10-11(2)3/h11-13H,6-10H2,1-5H3,(H2,17,22)/t12-,13+/m1/s1. The molecule has 0 aromatic rings. The van der Waals surface area contributed by atoms with Gasteiger partial charge >= 0.3 is 0 Å². The summed E-state index contributed by atoms with van der Waals surface area (Å²) in [6, 6.07) is -1.82. The Balaban J connectivity index is 5.44. The molecule has 9 heteroatoms. The van der Waals surface area contributed by atoms with Gasteiger partial charge in [0, 0.05) is 31.9 Å². The van der Waals surface area contributed by atoms with Gasteiger partial charge in [-0.25, -0.2) is 0 Å². The summed E-state index contributed by atoms with van der Waals surface area (Å²) in [5, 5.41) is 10.7. The zero-order valence-electron chi connectivity index (χ0n) is 15.7. The number of rotatable bonds is 11. The van der Waals surface area contributed by atoms with Gasteiger partial charge in [0.05, 0.1) is 0 Å². The predicted molar refractivity (Wildman–Crippen MR) is 93.2 cm³/mol. The van der Waals surface area contributed by atoms with Crippen molar-refractivity contribution in [2.45, 2.75) is 58.5 Å². The molecule has 0 heterocycles. The lowest BCUT2D eigenvalue weighted by Crippen LogP contribution is -2.54. The van der Waals surface area contributed by atoms with E-state index in [1.54, 1.807) is 0 Å². The van der Waals surface area contributed by atoms with Crippen molar-refractivity contribution in [3.63, 3.8) is 0 Å². The van der Waals surface area contributed by atoms with Crippen LogP contribution in [0, 0.1) is 16.0 Å². The van der Waals surface area contributed by atoms with Crippen molar-refractivity contribution in [1.29, 1.82) is 0 Å². The average Bonchev–Trinajstić information content (AvgIpc) is 2.51. The molecular weight excluding hydrogens is 328 g/mol. The summed E-state index contributed by atoms with van der Waals surface area (Å²) in [4.78, 5) is 49.3. The summed E-state index contributed by atoms with van der Waals surface area (Å²) >= 11 is 0. The van der Waals surface area contributed by atoms with Crippen molar-refractivity contribution < 1.29 is 19.3 Å². The van der Waals surface area contributed by atoms with Crippen molar-refractivity contribution in [1.82, 2.24) is 9.80 Å². The minimum atomic E-state index is -0.997. The maximum atomic E-state index is 12.8. The summed E-state index contributed by atoms with van der Waals surface area (Å²) < 4.78 is 0. The molecule has 9 nitrogen and oxygen atoms in total. The topological polar surface area (TPSA) is 127 Å². The van der Waals surface area contributed by atoms with Crippen LogP contribution < -0.4 is 5.73 Å². The first-order valence-corrected chi connectivity index (χ1v) is 8.46. The molecule has 0 aromatic carbocycles. The molecule has 0 fully saturated rings. The van der Waals surface area contributed by atoms with Gasteiger partial charge in [0.1, 0.15) is 12.1 Å². The Morgan fingerprint density at radius 2 is 1.68 bits per heavy atom. The van der Waals surface area contributed by atoms with E-state index in [1.165, 1.54) is 23.9 Å². The zero-order chi connectivity index (χ0) is 19.7. The molecule has 0 bridgehead atoms. The van der Waals surface area contributed by atoms with Gasteiger partial charge < -0.3 is 15.5 Å². The van der Waals surface area contributed by atoms with Crippen LogP contribution in [0.25, 0.3) is 0 Å². The summed E-state index contributed by atoms with van der Waals surface area (Å²) in [6.45, 7) is 5.18. The molecule has 3 amide bonds. The molecule has 0 saturated carbocycles. The van der Waals surface area contributed by atoms with Gasteiger partial charge in [0.15, 0.2) is 0 Å². The van der Waals surface area contributed by atoms with E-state index in [0.29, 0.717) is 12.8 Å². The van der Waals surface area contributed by atoms with Crippen molar-refractivity contribution in [2.24, 2.45) is 11.7 Å². The van der Waals surface area contributed by atoms with Crippen molar-refractivity contribution in [3.05, 3.63) is 10.1 Å². The van der Waals surface area contributed by atoms with E-state index in [0.717, 1.165) is 0 Å². The third-order valence-electron chi connectivity index (χ3n) is 4.03. The van der Waals surface area contributed by atoms with E-state index >= 15 is 0 Å². The normalized spacial score (nSPS) is 13.2. The second kappa shape index (κ2) is 10.6. The van der Waals surface area contributed by atoms with E-state index in [4.69, 9.17) is 5.73 Å². The molecule has 2 atom stereocenters. The Labute approximate surface area is 148 Å². The highest BCUT2D eigenvalue weighted by Gasteiger charge is 2.34. The number of primary amides is 1. The highest BCUT2D eigenvalue weighted by molar-refractivity contribution is 5.91. The largest absolute Gasteiger partial charge is 0.368 e. The Morgan fingerprint density at radius 1 is 1.12 bits per heavy atom. The van der Waals surface area contributed by atoms with Gasteiger partial charge in [-0.05, 0) is 18.8 Å². The van der Waals surface area contributed by atoms with Gasteiger partial charge in [-0.1, -0.05) is 20.8 Å². The van der Waals surface area contributed by atoms with Crippen LogP contribution in [0.3, 0.4) is 0 Å². The smallest absolute Gasteiger partial charge is 0.246 e. The van der Waals surface area contributed by atoms with Crippen molar-refractivity contribution >= 4 is 17.7 Å². The Morgan fingerprint density at radius 3 is 2.08 bits per heavy atom. The number of carbonyl (C=O) groups excluding carboxylic acids is 3. The highest BCUT2D eigenvalue weighted by Crippen LogP contribution is 2.15. The number of nitrogens with two attached hydrogens (primary N) is 1. The fourth-order valence-corrected chi connectivity index (χ4v) is 2.57. The van der Waals surface area contributed by atoms with Crippen molar-refractivity contribution in [2.75, 3.05) is 20.6 Å². The number of likely N-dealkylation sites (N-methyl/N-ethyl adjacent to an activating group) is 2. The van der Waals surface area contributed by atoms with Crippen LogP contribution >= 0.6 is 0 Å². The van der Waals surface area contributed by atoms with Gasteiger partial charge in [-0.2, -0.15) is 0 Å². The third kappa shape index (κ3) is 7.49. The summed E-state index contributed by atoms with van der Waals surface area (Å²) in [5.41, 5.74) is 5.41. The van der Waals surface area contributed by atoms with E-state index in [2.05, 4.69) is 0 Å². The molecule has 0 saturated heterocycles. The number of hydrogen-bond acceptors (Lipinski definition) is 5. The molecule has 0 aromatic heterocycles. The zero-order valence-corrected chi connectivity index (χ0v) is 15.7. The van der Waals surface area contributed by atoms with Gasteiger partial charge in [0.2, 0.25) is 24.3 Å². The molecule has 0 aliphatic heterocycles. The van der Waals surface area contributed by atoms with Gasteiger partial charge in [-0.3, -0.25) is 24.5 Å². The summed E-state index contributed by atoms with van der Waals surface area (Å²) in [7, 11) is 2.90. The van der Waals surface area contributed by atoms with Crippen LogP contribution in [0.5, 0.6) is 0 Å². The maximum Gasteiger partial charge on any atom is 0.246 e. The van der Waals surface area contributed by atoms with Crippen LogP contribution in [-0.2, 0) is 14.4 Å². The maximum absolute atomic E-state index is 12.8. The lowest BCUT2D eigenvalue weighted by molar-refractivity contribution is -0.481. The van der Waals surface area contributed by atoms with Gasteiger partial charge in [0.25, 0.3) is 0 Å². The molecule has 2 N–H and O–H groups in total. The third-order valence-corrected chi connectivity index (χ3v) is 4.03. The van der Waals surface area contributed by atoms with Crippen LogP contribution in [-0.4, -0.2) is 65.2 Å². The number of nitrogens with zero attached hydrogens (tertiary/aromatic N) is 3. The molecule has 25 heavy (non-hydrogen) atoms. The fraction of sp³-hybridized carbons (Fsp3) is 0.812. The molecule has 0 aliphatic carbocycles. The second-order valence-electron chi connectivity index (χ2n) is 6.61. The lowest BCUT2D eigenvalue weighted by atomic mass is 10.0. The average molecular weight is 358 g/mol. The Hall–Kier alpha value is -2.19. The Bertz CT molecular complexity index is 495. The van der Waals surface area contributed by atoms with E-state index in [9.17, 15) is 24.5 Å². The fourth-order valence-electron chi connectivity index (χ4n) is 2.57. The molecule has 144 valence electrons. The lowest BCUT2D eigenvalue weighted by Gasteiger charge is -2.33. The van der Waals surface area contributed by atoms with Gasteiger partial charge in [-0.15, -0.1) is 0 Å². The Kier molecular flexibility index (Phi) is 9.70. The number of hydrogen-bond donors (Lipinski definition) is 1. The number of nitro groups is 1. The summed E-state index contributed by atoms with van der Waals surface area (Å²) in [5.74, 6) is -1.29. The van der Waals surface area contributed by atoms with Crippen LogP contribution in [0.4, 0.5) is 0 Å². The molecule has 0 spiro atoms. The minimum Gasteiger partial charge on any atom is -0.368 e. The van der Waals surface area contributed by atoms with E-state index in [1.807, 2.05) is 20.8 Å². The second-order valence-corrected chi connectivity index (χ2v) is 6.61. The summed E-state index contributed by atoms with van der Waals surface area (Å²) in [6.07, 6.45) is 1.11. The highest BCUT2D eigenvalue weighted by atomic mass is 16.6. The molecule has 0 aliphatic rings. The number of amides is 3.